The number of hydrogen-bond donors (Lipinski definition) is 1. The molecule has 0 aliphatic heterocycles. The summed E-state index contributed by atoms with van der Waals surface area (Å²) >= 11 is 13.7. The van der Waals surface area contributed by atoms with Crippen molar-refractivity contribution in [3.8, 4) is 5.75 Å². The van der Waals surface area contributed by atoms with E-state index in [0.717, 1.165) is 16.9 Å². The number of carbonyl (C=O) groups excluding carboxylic acids is 1. The second kappa shape index (κ2) is 9.82. The fourth-order valence-electron chi connectivity index (χ4n) is 2.03. The van der Waals surface area contributed by atoms with Gasteiger partial charge in [0.2, 0.25) is 5.91 Å². The molecule has 24 heavy (non-hydrogen) atoms. The predicted molar refractivity (Wildman–Crippen MR) is 102 cm³/mol. The molecule has 0 spiro atoms. The molecule has 6 heteroatoms. The van der Waals surface area contributed by atoms with Gasteiger partial charge in [0.05, 0.1) is 12.3 Å². The molecular formula is C18H19Cl2NO2S. The Hall–Kier alpha value is -1.36. The minimum Gasteiger partial charge on any atom is -0.492 e. The smallest absolute Gasteiger partial charge is 0.230 e. The van der Waals surface area contributed by atoms with Crippen LogP contribution in [0.5, 0.6) is 5.75 Å². The molecule has 0 bridgehead atoms. The lowest BCUT2D eigenvalue weighted by molar-refractivity contribution is -0.118. The van der Waals surface area contributed by atoms with Crippen molar-refractivity contribution in [3.63, 3.8) is 0 Å². The molecule has 3 nitrogen and oxygen atoms in total. The molecule has 0 atom stereocenters. The minimum absolute atomic E-state index is 0.0315. The lowest BCUT2D eigenvalue weighted by Crippen LogP contribution is -2.29. The molecule has 1 amide bonds. The second-order valence-corrected chi connectivity index (χ2v) is 7.01. The first-order chi connectivity index (χ1) is 11.6. The Morgan fingerprint density at radius 1 is 1.17 bits per heavy atom. The maximum Gasteiger partial charge on any atom is 0.230 e. The van der Waals surface area contributed by atoms with Crippen LogP contribution in [-0.2, 0) is 10.5 Å². The van der Waals surface area contributed by atoms with E-state index in [0.29, 0.717) is 34.7 Å². The number of benzene rings is 2. The zero-order valence-electron chi connectivity index (χ0n) is 13.4. The van der Waals surface area contributed by atoms with E-state index < -0.39 is 0 Å². The number of hydrogen-bond acceptors (Lipinski definition) is 3. The van der Waals surface area contributed by atoms with Crippen LogP contribution in [0.3, 0.4) is 0 Å². The number of halogens is 2. The first kappa shape index (κ1) is 19.0. The van der Waals surface area contributed by atoms with Crippen LogP contribution in [0.1, 0.15) is 11.1 Å². The Balaban J connectivity index is 1.63. The number of aryl methyl sites for hydroxylation is 1. The summed E-state index contributed by atoms with van der Waals surface area (Å²) in [5.74, 6) is 1.74. The third-order valence-corrected chi connectivity index (χ3v) is 4.89. The SMILES string of the molecule is Cc1cccc(OCCNC(=O)CSCc2c(Cl)cccc2Cl)c1. The number of ether oxygens (including phenoxy) is 1. The zero-order chi connectivity index (χ0) is 17.4. The molecule has 0 saturated carbocycles. The molecule has 0 fully saturated rings. The summed E-state index contributed by atoms with van der Waals surface area (Å²) in [6.45, 7) is 2.92. The number of rotatable bonds is 8. The normalized spacial score (nSPS) is 10.5. The highest BCUT2D eigenvalue weighted by atomic mass is 35.5. The van der Waals surface area contributed by atoms with Crippen molar-refractivity contribution >= 4 is 40.9 Å². The monoisotopic (exact) mass is 383 g/mol. The molecule has 0 aromatic heterocycles. The molecule has 2 rings (SSSR count). The first-order valence-electron chi connectivity index (χ1n) is 7.53. The highest BCUT2D eigenvalue weighted by Crippen LogP contribution is 2.28. The number of carbonyl (C=O) groups is 1. The summed E-state index contributed by atoms with van der Waals surface area (Å²) < 4.78 is 5.59. The molecule has 0 aliphatic rings. The number of amides is 1. The van der Waals surface area contributed by atoms with Crippen LogP contribution in [-0.4, -0.2) is 24.8 Å². The third-order valence-electron chi connectivity index (χ3n) is 3.22. The van der Waals surface area contributed by atoms with Crippen LogP contribution in [0.15, 0.2) is 42.5 Å². The number of nitrogens with one attached hydrogen (secondary N) is 1. The average Bonchev–Trinajstić information content (AvgIpc) is 2.54. The summed E-state index contributed by atoms with van der Waals surface area (Å²) in [5.41, 5.74) is 2.01. The van der Waals surface area contributed by atoms with Crippen molar-refractivity contribution in [3.05, 3.63) is 63.6 Å². The van der Waals surface area contributed by atoms with Crippen molar-refractivity contribution in [1.82, 2.24) is 5.32 Å². The van der Waals surface area contributed by atoms with Crippen LogP contribution in [0.2, 0.25) is 10.0 Å². The minimum atomic E-state index is -0.0315. The summed E-state index contributed by atoms with van der Waals surface area (Å²) in [5, 5.41) is 4.09. The average molecular weight is 384 g/mol. The molecule has 0 heterocycles. The van der Waals surface area contributed by atoms with Gasteiger partial charge in [0.15, 0.2) is 0 Å². The predicted octanol–water partition coefficient (Wildman–Crippen LogP) is 4.73. The van der Waals surface area contributed by atoms with E-state index in [9.17, 15) is 4.79 Å². The van der Waals surface area contributed by atoms with E-state index in [-0.39, 0.29) is 5.91 Å². The molecule has 2 aromatic carbocycles. The Morgan fingerprint density at radius 2 is 1.88 bits per heavy atom. The standard InChI is InChI=1S/C18H19Cl2NO2S/c1-13-4-2-5-14(10-13)23-9-8-21-18(22)12-24-11-15-16(19)6-3-7-17(15)20/h2-7,10H,8-9,11-12H2,1H3,(H,21,22). The van der Waals surface area contributed by atoms with Crippen LogP contribution in [0.25, 0.3) is 0 Å². The van der Waals surface area contributed by atoms with E-state index in [2.05, 4.69) is 5.32 Å². The lowest BCUT2D eigenvalue weighted by Gasteiger charge is -2.09. The molecular weight excluding hydrogens is 365 g/mol. The van der Waals surface area contributed by atoms with Gasteiger partial charge in [-0.1, -0.05) is 41.4 Å². The van der Waals surface area contributed by atoms with Crippen molar-refractivity contribution in [2.45, 2.75) is 12.7 Å². The molecule has 0 saturated heterocycles. The largest absolute Gasteiger partial charge is 0.492 e. The molecule has 1 N–H and O–H groups in total. The van der Waals surface area contributed by atoms with Crippen LogP contribution >= 0.6 is 35.0 Å². The van der Waals surface area contributed by atoms with E-state index in [1.807, 2.05) is 31.2 Å². The van der Waals surface area contributed by atoms with E-state index in [1.165, 1.54) is 11.8 Å². The Morgan fingerprint density at radius 3 is 2.58 bits per heavy atom. The Bertz CT molecular complexity index is 674. The number of thioether (sulfide) groups is 1. The third kappa shape index (κ3) is 6.27. The highest BCUT2D eigenvalue weighted by molar-refractivity contribution is 7.99. The van der Waals surface area contributed by atoms with E-state index >= 15 is 0 Å². The van der Waals surface area contributed by atoms with Crippen LogP contribution in [0, 0.1) is 6.92 Å². The van der Waals surface area contributed by atoms with Gasteiger partial charge in [0, 0.05) is 15.8 Å². The van der Waals surface area contributed by atoms with Gasteiger partial charge in [-0.3, -0.25) is 4.79 Å². The quantitative estimate of drug-likeness (QED) is 0.669. The van der Waals surface area contributed by atoms with Gasteiger partial charge in [0.1, 0.15) is 12.4 Å². The molecule has 0 unspecified atom stereocenters. The Kier molecular flexibility index (Phi) is 7.76. The Labute approximate surface area is 156 Å². The maximum atomic E-state index is 11.8. The van der Waals surface area contributed by atoms with Gasteiger partial charge in [0.25, 0.3) is 0 Å². The van der Waals surface area contributed by atoms with Crippen molar-refractivity contribution in [2.24, 2.45) is 0 Å². The summed E-state index contributed by atoms with van der Waals surface area (Å²) in [7, 11) is 0. The van der Waals surface area contributed by atoms with Crippen molar-refractivity contribution in [1.29, 1.82) is 0 Å². The van der Waals surface area contributed by atoms with Crippen molar-refractivity contribution < 1.29 is 9.53 Å². The fraction of sp³-hybridized carbons (Fsp3) is 0.278. The van der Waals surface area contributed by atoms with E-state index in [4.69, 9.17) is 27.9 Å². The zero-order valence-corrected chi connectivity index (χ0v) is 15.7. The molecule has 2 aromatic rings. The molecule has 128 valence electrons. The fourth-order valence-corrected chi connectivity index (χ4v) is 3.63. The van der Waals surface area contributed by atoms with Gasteiger partial charge in [-0.05, 0) is 42.3 Å². The van der Waals surface area contributed by atoms with Gasteiger partial charge < -0.3 is 10.1 Å². The molecule has 0 radical (unpaired) electrons. The second-order valence-electron chi connectivity index (χ2n) is 5.21. The van der Waals surface area contributed by atoms with Crippen molar-refractivity contribution in [2.75, 3.05) is 18.9 Å². The van der Waals surface area contributed by atoms with Crippen LogP contribution < -0.4 is 10.1 Å². The lowest BCUT2D eigenvalue weighted by atomic mass is 10.2. The summed E-state index contributed by atoms with van der Waals surface area (Å²) in [4.78, 5) is 11.8. The summed E-state index contributed by atoms with van der Waals surface area (Å²) in [6, 6.07) is 13.2. The summed E-state index contributed by atoms with van der Waals surface area (Å²) in [6.07, 6.45) is 0. The van der Waals surface area contributed by atoms with E-state index in [1.54, 1.807) is 18.2 Å². The van der Waals surface area contributed by atoms with Gasteiger partial charge >= 0.3 is 0 Å². The van der Waals surface area contributed by atoms with Crippen LogP contribution in [0.4, 0.5) is 0 Å². The topological polar surface area (TPSA) is 38.3 Å². The molecule has 0 aliphatic carbocycles. The van der Waals surface area contributed by atoms with Gasteiger partial charge in [-0.25, -0.2) is 0 Å². The maximum absolute atomic E-state index is 11.8. The van der Waals surface area contributed by atoms with Gasteiger partial charge in [-0.15, -0.1) is 11.8 Å². The first-order valence-corrected chi connectivity index (χ1v) is 9.44. The highest BCUT2D eigenvalue weighted by Gasteiger charge is 2.07. The van der Waals surface area contributed by atoms with Gasteiger partial charge in [-0.2, -0.15) is 0 Å².